The first-order chi connectivity index (χ1) is 12.7. The maximum Gasteiger partial charge on any atom is 0.344 e. The van der Waals surface area contributed by atoms with Gasteiger partial charge >= 0.3 is 6.03 Å². The van der Waals surface area contributed by atoms with Crippen LogP contribution in [0.3, 0.4) is 0 Å². The Morgan fingerprint density at radius 3 is 2.52 bits per heavy atom. The van der Waals surface area contributed by atoms with E-state index in [-0.39, 0.29) is 17.9 Å². The number of hydrazine groups is 1. The van der Waals surface area contributed by atoms with Crippen molar-refractivity contribution in [2.24, 2.45) is 0 Å². The standard InChI is InChI=1S/C20H27N3O4/c1-19(2,3)14-9-5-6-10-15(14)27-13-16(24)22-23-17(25)20(21-18(23)26)11-7-4-8-12-20/h5-6,9-10H,4,7-8,11-13H2,1-3H3,(H,21,26)(H,22,24). The number of hydrogen-bond donors (Lipinski definition) is 2. The van der Waals surface area contributed by atoms with E-state index >= 15 is 0 Å². The minimum atomic E-state index is -0.859. The number of amides is 4. The van der Waals surface area contributed by atoms with Crippen molar-refractivity contribution in [1.82, 2.24) is 15.8 Å². The lowest BCUT2D eigenvalue weighted by molar-refractivity contribution is -0.140. The number of para-hydroxylation sites is 1. The van der Waals surface area contributed by atoms with E-state index in [1.54, 1.807) is 6.07 Å². The average Bonchev–Trinajstić information content (AvgIpc) is 2.84. The third kappa shape index (κ3) is 3.91. The Morgan fingerprint density at radius 2 is 1.85 bits per heavy atom. The lowest BCUT2D eigenvalue weighted by Crippen LogP contribution is -2.51. The van der Waals surface area contributed by atoms with Crippen molar-refractivity contribution in [3.8, 4) is 5.75 Å². The maximum atomic E-state index is 12.7. The summed E-state index contributed by atoms with van der Waals surface area (Å²) in [5.74, 6) is -0.313. The van der Waals surface area contributed by atoms with Crippen LogP contribution < -0.4 is 15.5 Å². The molecule has 0 atom stereocenters. The molecule has 146 valence electrons. The Bertz CT molecular complexity index is 748. The Balaban J connectivity index is 1.62. The number of nitrogens with one attached hydrogen (secondary N) is 2. The SMILES string of the molecule is CC(C)(C)c1ccccc1OCC(=O)NN1C(=O)NC2(CCCCC2)C1=O. The van der Waals surface area contributed by atoms with E-state index in [0.717, 1.165) is 29.8 Å². The Hall–Kier alpha value is -2.57. The second-order valence-electron chi connectivity index (χ2n) is 8.28. The summed E-state index contributed by atoms with van der Waals surface area (Å²) in [4.78, 5) is 37.2. The molecule has 2 aliphatic rings. The molecule has 0 bridgehead atoms. The Kier molecular flexibility index (Phi) is 5.13. The van der Waals surface area contributed by atoms with E-state index < -0.39 is 17.5 Å². The highest BCUT2D eigenvalue weighted by atomic mass is 16.5. The zero-order chi connectivity index (χ0) is 19.7. The monoisotopic (exact) mass is 373 g/mol. The van der Waals surface area contributed by atoms with Gasteiger partial charge in [-0.1, -0.05) is 58.2 Å². The van der Waals surface area contributed by atoms with Gasteiger partial charge in [-0.05, 0) is 29.9 Å². The fourth-order valence-electron chi connectivity index (χ4n) is 3.73. The summed E-state index contributed by atoms with van der Waals surface area (Å²) < 4.78 is 5.66. The van der Waals surface area contributed by atoms with Crippen LogP contribution in [0.5, 0.6) is 5.75 Å². The second-order valence-corrected chi connectivity index (χ2v) is 8.28. The zero-order valence-electron chi connectivity index (χ0n) is 16.1. The molecule has 0 unspecified atom stereocenters. The molecule has 1 aromatic carbocycles. The van der Waals surface area contributed by atoms with E-state index in [1.807, 2.05) is 18.2 Å². The molecule has 1 aromatic rings. The molecule has 7 nitrogen and oxygen atoms in total. The number of carbonyl (C=O) groups is 3. The van der Waals surface area contributed by atoms with Gasteiger partial charge in [0, 0.05) is 0 Å². The number of carbonyl (C=O) groups excluding carboxylic acids is 3. The molecule has 1 aliphatic carbocycles. The Morgan fingerprint density at radius 1 is 1.19 bits per heavy atom. The largest absolute Gasteiger partial charge is 0.483 e. The first kappa shape index (κ1) is 19.2. The van der Waals surface area contributed by atoms with Gasteiger partial charge in [-0.25, -0.2) is 4.79 Å². The molecule has 2 fully saturated rings. The van der Waals surface area contributed by atoms with Crippen molar-refractivity contribution in [2.75, 3.05) is 6.61 Å². The van der Waals surface area contributed by atoms with Crippen LogP contribution in [0.15, 0.2) is 24.3 Å². The topological polar surface area (TPSA) is 87.7 Å². The summed E-state index contributed by atoms with van der Waals surface area (Å²) in [6, 6.07) is 6.94. The van der Waals surface area contributed by atoms with Crippen molar-refractivity contribution < 1.29 is 19.1 Å². The van der Waals surface area contributed by atoms with Crippen LogP contribution in [0.4, 0.5) is 4.79 Å². The van der Waals surface area contributed by atoms with E-state index in [9.17, 15) is 14.4 Å². The normalized spacial score (nSPS) is 19.1. The van der Waals surface area contributed by atoms with E-state index in [2.05, 4.69) is 31.5 Å². The minimum Gasteiger partial charge on any atom is -0.483 e. The molecule has 1 spiro atoms. The predicted molar refractivity (Wildman–Crippen MR) is 100.0 cm³/mol. The van der Waals surface area contributed by atoms with Gasteiger partial charge < -0.3 is 10.1 Å². The number of nitrogens with zero attached hydrogens (tertiary/aromatic N) is 1. The van der Waals surface area contributed by atoms with Crippen LogP contribution in [0.1, 0.15) is 58.4 Å². The van der Waals surface area contributed by atoms with Crippen LogP contribution in [0.2, 0.25) is 0 Å². The highest BCUT2D eigenvalue weighted by Gasteiger charge is 2.52. The van der Waals surface area contributed by atoms with E-state index in [4.69, 9.17) is 4.74 Å². The van der Waals surface area contributed by atoms with Crippen LogP contribution in [-0.2, 0) is 15.0 Å². The van der Waals surface area contributed by atoms with Gasteiger partial charge in [0.15, 0.2) is 6.61 Å². The number of benzene rings is 1. The summed E-state index contributed by atoms with van der Waals surface area (Å²) in [6.45, 7) is 5.90. The molecular formula is C20H27N3O4. The molecule has 27 heavy (non-hydrogen) atoms. The minimum absolute atomic E-state index is 0.134. The summed E-state index contributed by atoms with van der Waals surface area (Å²) in [6.07, 6.45) is 4.05. The van der Waals surface area contributed by atoms with Crippen molar-refractivity contribution in [1.29, 1.82) is 0 Å². The molecule has 4 amide bonds. The van der Waals surface area contributed by atoms with Crippen LogP contribution in [-0.4, -0.2) is 35.0 Å². The summed E-state index contributed by atoms with van der Waals surface area (Å²) in [5.41, 5.74) is 2.37. The molecule has 1 saturated heterocycles. The zero-order valence-corrected chi connectivity index (χ0v) is 16.1. The van der Waals surface area contributed by atoms with Crippen molar-refractivity contribution >= 4 is 17.8 Å². The lowest BCUT2D eigenvalue weighted by Gasteiger charge is -2.30. The smallest absolute Gasteiger partial charge is 0.344 e. The van der Waals surface area contributed by atoms with Gasteiger partial charge in [0.1, 0.15) is 11.3 Å². The average molecular weight is 373 g/mol. The van der Waals surface area contributed by atoms with Crippen LogP contribution in [0.25, 0.3) is 0 Å². The predicted octanol–water partition coefficient (Wildman–Crippen LogP) is 2.65. The number of hydrogen-bond acceptors (Lipinski definition) is 4. The van der Waals surface area contributed by atoms with Crippen LogP contribution >= 0.6 is 0 Å². The lowest BCUT2D eigenvalue weighted by atomic mass is 9.82. The molecule has 0 radical (unpaired) electrons. The molecular weight excluding hydrogens is 346 g/mol. The number of urea groups is 1. The van der Waals surface area contributed by atoms with Gasteiger partial charge in [-0.15, -0.1) is 0 Å². The molecule has 1 heterocycles. The molecule has 7 heteroatoms. The molecule has 2 N–H and O–H groups in total. The van der Waals surface area contributed by atoms with Gasteiger partial charge in [0.25, 0.3) is 11.8 Å². The fraction of sp³-hybridized carbons (Fsp3) is 0.550. The quantitative estimate of drug-likeness (QED) is 0.794. The Labute approximate surface area is 159 Å². The number of rotatable bonds is 4. The van der Waals surface area contributed by atoms with E-state index in [1.165, 1.54) is 0 Å². The van der Waals surface area contributed by atoms with Gasteiger partial charge in [0.05, 0.1) is 0 Å². The van der Waals surface area contributed by atoms with Crippen molar-refractivity contribution in [3.63, 3.8) is 0 Å². The summed E-state index contributed by atoms with van der Waals surface area (Å²) in [7, 11) is 0. The molecule has 0 aromatic heterocycles. The van der Waals surface area contributed by atoms with Gasteiger partial charge in [-0.3, -0.25) is 15.0 Å². The summed E-state index contributed by atoms with van der Waals surface area (Å²) in [5, 5.41) is 3.56. The molecule has 1 aliphatic heterocycles. The maximum absolute atomic E-state index is 12.7. The highest BCUT2D eigenvalue weighted by molar-refractivity contribution is 6.08. The first-order valence-corrected chi connectivity index (χ1v) is 9.41. The second kappa shape index (κ2) is 7.21. The molecule has 1 saturated carbocycles. The fourth-order valence-corrected chi connectivity index (χ4v) is 3.73. The third-order valence-corrected chi connectivity index (χ3v) is 5.16. The highest BCUT2D eigenvalue weighted by Crippen LogP contribution is 2.33. The van der Waals surface area contributed by atoms with E-state index in [0.29, 0.717) is 18.6 Å². The van der Waals surface area contributed by atoms with Crippen LogP contribution in [0, 0.1) is 0 Å². The number of ether oxygens (including phenoxy) is 1. The first-order valence-electron chi connectivity index (χ1n) is 9.41. The molecule has 3 rings (SSSR count). The van der Waals surface area contributed by atoms with Gasteiger partial charge in [0.2, 0.25) is 0 Å². The summed E-state index contributed by atoms with van der Waals surface area (Å²) >= 11 is 0. The number of imide groups is 1. The van der Waals surface area contributed by atoms with Crippen molar-refractivity contribution in [2.45, 2.75) is 63.8 Å². The third-order valence-electron chi connectivity index (χ3n) is 5.16. The van der Waals surface area contributed by atoms with Crippen molar-refractivity contribution in [3.05, 3.63) is 29.8 Å². The van der Waals surface area contributed by atoms with Gasteiger partial charge in [-0.2, -0.15) is 5.01 Å².